The summed E-state index contributed by atoms with van der Waals surface area (Å²) in [6.07, 6.45) is 1.51. The number of alkyl halides is 3. The second-order valence-corrected chi connectivity index (χ2v) is 7.47. The van der Waals surface area contributed by atoms with Gasteiger partial charge in [-0.1, -0.05) is 31.1 Å². The molecule has 2 N–H and O–H groups in total. The van der Waals surface area contributed by atoms with Crippen LogP contribution >= 0.6 is 0 Å². The first kappa shape index (κ1) is 21.8. The van der Waals surface area contributed by atoms with Gasteiger partial charge in [-0.15, -0.1) is 0 Å². The molecule has 1 aromatic heterocycles. The molecule has 2 aromatic rings. The Labute approximate surface area is 174 Å². The van der Waals surface area contributed by atoms with Crippen LogP contribution in [-0.4, -0.2) is 35.7 Å². The van der Waals surface area contributed by atoms with Crippen LogP contribution in [0.25, 0.3) is 0 Å². The van der Waals surface area contributed by atoms with E-state index in [4.69, 9.17) is 0 Å². The zero-order chi connectivity index (χ0) is 21.4. The maximum Gasteiger partial charge on any atom is 0.282 e. The molecule has 1 atom stereocenters. The summed E-state index contributed by atoms with van der Waals surface area (Å²) in [4.78, 5) is 16.5. The Bertz CT molecular complexity index is 885. The maximum atomic E-state index is 13.7. The fourth-order valence-electron chi connectivity index (χ4n) is 3.59. The fraction of sp³-hybridized carbons (Fsp3) is 0.391. The Hall–Kier alpha value is -2.85. The number of aromatic nitrogens is 1. The van der Waals surface area contributed by atoms with Gasteiger partial charge in [0.25, 0.3) is 12.3 Å². The number of hydrogen-bond donors (Lipinski definition) is 2. The minimum atomic E-state index is -3.10. The number of rotatable bonds is 6. The summed E-state index contributed by atoms with van der Waals surface area (Å²) >= 11 is 0. The fourth-order valence-corrected chi connectivity index (χ4v) is 3.59. The molecular formula is C23H24F3N3O. The SMILES string of the molecule is O=C(NCC1(NC(F)C(F)F)CCCCC1)c1ccc(C#Cc2ccncc2)cc1. The lowest BCUT2D eigenvalue weighted by Crippen LogP contribution is -2.58. The average Bonchev–Trinajstić information content (AvgIpc) is 2.78. The molecule has 1 fully saturated rings. The molecule has 7 heteroatoms. The summed E-state index contributed by atoms with van der Waals surface area (Å²) in [7, 11) is 0. The summed E-state index contributed by atoms with van der Waals surface area (Å²) in [5.41, 5.74) is 1.18. The van der Waals surface area contributed by atoms with E-state index in [-0.39, 0.29) is 12.5 Å². The highest BCUT2D eigenvalue weighted by atomic mass is 19.3. The number of halogens is 3. The van der Waals surface area contributed by atoms with Gasteiger partial charge in [-0.2, -0.15) is 0 Å². The first-order chi connectivity index (χ1) is 14.5. The van der Waals surface area contributed by atoms with Gasteiger partial charge in [0.15, 0.2) is 0 Å². The Morgan fingerprint density at radius 1 is 0.967 bits per heavy atom. The van der Waals surface area contributed by atoms with Crippen LogP contribution in [0.15, 0.2) is 48.8 Å². The lowest BCUT2D eigenvalue weighted by atomic mass is 9.81. The summed E-state index contributed by atoms with van der Waals surface area (Å²) in [5.74, 6) is 5.70. The Kier molecular flexibility index (Phi) is 7.47. The van der Waals surface area contributed by atoms with Crippen molar-refractivity contribution in [3.05, 3.63) is 65.5 Å². The molecule has 0 saturated heterocycles. The summed E-state index contributed by atoms with van der Waals surface area (Å²) in [6, 6.07) is 10.4. The van der Waals surface area contributed by atoms with Crippen molar-refractivity contribution >= 4 is 5.91 Å². The largest absolute Gasteiger partial charge is 0.350 e. The van der Waals surface area contributed by atoms with Crippen molar-refractivity contribution in [3.63, 3.8) is 0 Å². The van der Waals surface area contributed by atoms with E-state index < -0.39 is 18.3 Å². The van der Waals surface area contributed by atoms with Crippen LogP contribution in [0.5, 0.6) is 0 Å². The number of carbonyl (C=O) groups is 1. The van der Waals surface area contributed by atoms with Crippen molar-refractivity contribution in [1.82, 2.24) is 15.6 Å². The van der Waals surface area contributed by atoms with E-state index in [2.05, 4.69) is 27.5 Å². The van der Waals surface area contributed by atoms with Crippen molar-refractivity contribution in [1.29, 1.82) is 0 Å². The molecule has 1 unspecified atom stereocenters. The lowest BCUT2D eigenvalue weighted by molar-refractivity contribution is 0.00307. The first-order valence-corrected chi connectivity index (χ1v) is 9.98. The van der Waals surface area contributed by atoms with Gasteiger partial charge in [0, 0.05) is 41.2 Å². The first-order valence-electron chi connectivity index (χ1n) is 9.98. The molecule has 1 saturated carbocycles. The third-order valence-electron chi connectivity index (χ3n) is 5.24. The third kappa shape index (κ3) is 6.07. The van der Waals surface area contributed by atoms with E-state index in [1.165, 1.54) is 0 Å². The van der Waals surface area contributed by atoms with E-state index in [1.54, 1.807) is 48.8 Å². The number of benzene rings is 1. The van der Waals surface area contributed by atoms with E-state index in [0.717, 1.165) is 30.4 Å². The molecule has 0 aliphatic heterocycles. The standard InChI is InChI=1S/C23H24F3N3O/c24-20(25)21(26)29-23(12-2-1-3-13-23)16-28-22(30)19-8-6-17(7-9-19)4-5-18-10-14-27-15-11-18/h6-11,14-15,20-21,29H,1-3,12-13,16H2,(H,28,30). The molecule has 1 aliphatic carbocycles. The number of carbonyl (C=O) groups excluding carboxylic acids is 1. The number of amides is 1. The zero-order valence-electron chi connectivity index (χ0n) is 16.5. The van der Waals surface area contributed by atoms with Crippen molar-refractivity contribution in [2.75, 3.05) is 6.54 Å². The summed E-state index contributed by atoms with van der Waals surface area (Å²) in [5, 5.41) is 5.20. The normalized spacial score (nSPS) is 16.4. The molecule has 3 rings (SSSR count). The van der Waals surface area contributed by atoms with E-state index in [9.17, 15) is 18.0 Å². The van der Waals surface area contributed by atoms with Gasteiger partial charge in [-0.3, -0.25) is 15.1 Å². The van der Waals surface area contributed by atoms with E-state index in [1.807, 2.05) is 0 Å². The van der Waals surface area contributed by atoms with Gasteiger partial charge in [0.05, 0.1) is 0 Å². The van der Waals surface area contributed by atoms with Gasteiger partial charge in [0.1, 0.15) is 0 Å². The van der Waals surface area contributed by atoms with Crippen LogP contribution in [-0.2, 0) is 0 Å². The highest BCUT2D eigenvalue weighted by molar-refractivity contribution is 5.94. The van der Waals surface area contributed by atoms with E-state index >= 15 is 0 Å². The second kappa shape index (κ2) is 10.3. The highest BCUT2D eigenvalue weighted by Crippen LogP contribution is 2.29. The van der Waals surface area contributed by atoms with Gasteiger partial charge < -0.3 is 5.32 Å². The third-order valence-corrected chi connectivity index (χ3v) is 5.24. The molecule has 4 nitrogen and oxygen atoms in total. The highest BCUT2D eigenvalue weighted by Gasteiger charge is 2.37. The van der Waals surface area contributed by atoms with Crippen molar-refractivity contribution in [2.45, 2.75) is 50.4 Å². The number of nitrogens with one attached hydrogen (secondary N) is 2. The van der Waals surface area contributed by atoms with Crippen LogP contribution in [0.2, 0.25) is 0 Å². The van der Waals surface area contributed by atoms with Crippen molar-refractivity contribution in [3.8, 4) is 11.8 Å². The van der Waals surface area contributed by atoms with Crippen LogP contribution in [0.3, 0.4) is 0 Å². The summed E-state index contributed by atoms with van der Waals surface area (Å²) in [6.45, 7) is 0.0998. The van der Waals surface area contributed by atoms with Crippen LogP contribution in [0.1, 0.15) is 53.6 Å². The topological polar surface area (TPSA) is 54.0 Å². The van der Waals surface area contributed by atoms with Crippen LogP contribution in [0.4, 0.5) is 13.2 Å². The maximum absolute atomic E-state index is 13.7. The van der Waals surface area contributed by atoms with Gasteiger partial charge >= 0.3 is 0 Å². The molecule has 1 aromatic carbocycles. The summed E-state index contributed by atoms with van der Waals surface area (Å²) < 4.78 is 39.0. The average molecular weight is 415 g/mol. The molecule has 30 heavy (non-hydrogen) atoms. The Morgan fingerprint density at radius 2 is 1.57 bits per heavy atom. The Morgan fingerprint density at radius 3 is 2.17 bits per heavy atom. The van der Waals surface area contributed by atoms with Gasteiger partial charge in [0.2, 0.25) is 6.30 Å². The molecule has 0 radical (unpaired) electrons. The van der Waals surface area contributed by atoms with Gasteiger partial charge in [-0.05, 0) is 49.2 Å². The predicted molar refractivity (Wildman–Crippen MR) is 109 cm³/mol. The molecule has 1 amide bonds. The molecule has 158 valence electrons. The molecule has 1 heterocycles. The quantitative estimate of drug-likeness (QED) is 0.553. The number of pyridine rings is 1. The smallest absolute Gasteiger partial charge is 0.282 e. The molecule has 0 bridgehead atoms. The molecular weight excluding hydrogens is 391 g/mol. The monoisotopic (exact) mass is 415 g/mol. The predicted octanol–water partition coefficient (Wildman–Crippen LogP) is 4.06. The second-order valence-electron chi connectivity index (χ2n) is 7.47. The number of hydrogen-bond acceptors (Lipinski definition) is 3. The number of nitrogens with zero attached hydrogens (tertiary/aromatic N) is 1. The van der Waals surface area contributed by atoms with Crippen molar-refractivity contribution < 1.29 is 18.0 Å². The molecule has 0 spiro atoms. The van der Waals surface area contributed by atoms with Crippen LogP contribution in [0, 0.1) is 11.8 Å². The van der Waals surface area contributed by atoms with E-state index in [0.29, 0.717) is 18.4 Å². The Balaban J connectivity index is 1.61. The minimum Gasteiger partial charge on any atom is -0.350 e. The van der Waals surface area contributed by atoms with Crippen LogP contribution < -0.4 is 10.6 Å². The minimum absolute atomic E-state index is 0.0998. The lowest BCUT2D eigenvalue weighted by Gasteiger charge is -2.39. The van der Waals surface area contributed by atoms with Gasteiger partial charge in [-0.25, -0.2) is 13.2 Å². The van der Waals surface area contributed by atoms with Crippen molar-refractivity contribution in [2.24, 2.45) is 0 Å². The zero-order valence-corrected chi connectivity index (χ0v) is 16.5. The molecule has 1 aliphatic rings.